The zero-order valence-corrected chi connectivity index (χ0v) is 13.6. The van der Waals surface area contributed by atoms with E-state index in [-0.39, 0.29) is 6.04 Å². The maximum absolute atomic E-state index is 12.9. The average molecular weight is 308 g/mol. The van der Waals surface area contributed by atoms with Crippen molar-refractivity contribution < 1.29 is 8.42 Å². The zero-order chi connectivity index (χ0) is 15.0. The highest BCUT2D eigenvalue weighted by atomic mass is 32.2. The first-order valence-corrected chi connectivity index (χ1v) is 9.20. The third-order valence-electron chi connectivity index (χ3n) is 4.85. The summed E-state index contributed by atoms with van der Waals surface area (Å²) in [6, 6.07) is 8.20. The molecular weight excluding hydrogens is 284 g/mol. The van der Waals surface area contributed by atoms with Crippen LogP contribution in [0.4, 0.5) is 0 Å². The van der Waals surface area contributed by atoms with Crippen LogP contribution >= 0.6 is 0 Å². The van der Waals surface area contributed by atoms with Crippen LogP contribution in [0.15, 0.2) is 24.3 Å². The van der Waals surface area contributed by atoms with Crippen LogP contribution in [0, 0.1) is 5.92 Å². The first kappa shape index (κ1) is 15.0. The molecule has 0 radical (unpaired) electrons. The molecule has 1 aliphatic carbocycles. The fourth-order valence-electron chi connectivity index (χ4n) is 3.61. The molecule has 1 fully saturated rings. The standard InChI is InChI=1S/C16H24N2O2S/c1-13-6-5-11-18(12-13)21(19,20)17(2)16-10-9-14-7-3-4-8-15(14)16/h3-4,7-8,13,16H,5-6,9-12H2,1-2H3/t13-,16-/m1/s1. The van der Waals surface area contributed by atoms with Gasteiger partial charge >= 0.3 is 0 Å². The average Bonchev–Trinajstić information content (AvgIpc) is 2.90. The number of piperidine rings is 1. The smallest absolute Gasteiger partial charge is 0.195 e. The molecule has 21 heavy (non-hydrogen) atoms. The van der Waals surface area contributed by atoms with Gasteiger partial charge in [-0.05, 0) is 42.7 Å². The SMILES string of the molecule is C[C@@H]1CCCN(S(=O)(=O)N(C)[C@@H]2CCc3ccccc32)C1. The Balaban J connectivity index is 1.83. The molecule has 0 unspecified atom stereocenters. The quantitative estimate of drug-likeness (QED) is 0.861. The van der Waals surface area contributed by atoms with Gasteiger partial charge in [0.25, 0.3) is 10.2 Å². The Hall–Kier alpha value is -0.910. The molecule has 2 aliphatic rings. The third-order valence-corrected chi connectivity index (χ3v) is 6.82. The normalized spacial score (nSPS) is 27.0. The van der Waals surface area contributed by atoms with Crippen molar-refractivity contribution in [2.45, 2.75) is 38.6 Å². The van der Waals surface area contributed by atoms with Crippen LogP contribution in [0.5, 0.6) is 0 Å². The number of rotatable bonds is 3. The summed E-state index contributed by atoms with van der Waals surface area (Å²) in [5.74, 6) is 0.456. The van der Waals surface area contributed by atoms with Gasteiger partial charge < -0.3 is 0 Å². The van der Waals surface area contributed by atoms with Crippen LogP contribution in [0.1, 0.15) is 43.4 Å². The lowest BCUT2D eigenvalue weighted by molar-refractivity contribution is 0.251. The molecule has 116 valence electrons. The Labute approximate surface area is 127 Å². The molecule has 1 aromatic rings. The predicted octanol–water partition coefficient (Wildman–Crippen LogP) is 2.58. The zero-order valence-electron chi connectivity index (χ0n) is 12.8. The van der Waals surface area contributed by atoms with Crippen LogP contribution in [0.2, 0.25) is 0 Å². The third kappa shape index (κ3) is 2.74. The van der Waals surface area contributed by atoms with Crippen LogP contribution in [-0.4, -0.2) is 37.2 Å². The molecule has 0 bridgehead atoms. The molecular formula is C16H24N2O2S. The highest BCUT2D eigenvalue weighted by Gasteiger charge is 2.37. The molecule has 0 N–H and O–H groups in total. The van der Waals surface area contributed by atoms with Crippen molar-refractivity contribution in [1.29, 1.82) is 0 Å². The second-order valence-corrected chi connectivity index (χ2v) is 8.37. The van der Waals surface area contributed by atoms with Crippen molar-refractivity contribution in [3.05, 3.63) is 35.4 Å². The monoisotopic (exact) mass is 308 g/mol. The van der Waals surface area contributed by atoms with Gasteiger partial charge in [0.15, 0.2) is 0 Å². The summed E-state index contributed by atoms with van der Waals surface area (Å²) >= 11 is 0. The number of hydrogen-bond acceptors (Lipinski definition) is 2. The minimum absolute atomic E-state index is 0.0107. The van der Waals surface area contributed by atoms with Crippen molar-refractivity contribution in [1.82, 2.24) is 8.61 Å². The Morgan fingerprint density at radius 3 is 2.76 bits per heavy atom. The van der Waals surface area contributed by atoms with Gasteiger partial charge in [-0.25, -0.2) is 0 Å². The molecule has 2 atom stereocenters. The molecule has 3 rings (SSSR count). The van der Waals surface area contributed by atoms with Gasteiger partial charge in [0.2, 0.25) is 0 Å². The highest BCUT2D eigenvalue weighted by molar-refractivity contribution is 7.86. The Bertz CT molecular complexity index is 614. The van der Waals surface area contributed by atoms with Gasteiger partial charge in [0.1, 0.15) is 0 Å². The van der Waals surface area contributed by atoms with Gasteiger partial charge in [-0.2, -0.15) is 17.0 Å². The number of fused-ring (bicyclic) bond motifs is 1. The van der Waals surface area contributed by atoms with Crippen LogP contribution in [0.25, 0.3) is 0 Å². The van der Waals surface area contributed by atoms with E-state index in [1.165, 1.54) is 11.1 Å². The minimum atomic E-state index is -3.35. The van der Waals surface area contributed by atoms with E-state index in [0.29, 0.717) is 19.0 Å². The van der Waals surface area contributed by atoms with Crippen molar-refractivity contribution in [2.24, 2.45) is 5.92 Å². The van der Waals surface area contributed by atoms with Gasteiger partial charge in [-0.3, -0.25) is 0 Å². The van der Waals surface area contributed by atoms with Gasteiger partial charge in [0, 0.05) is 20.1 Å². The van der Waals surface area contributed by atoms with E-state index in [4.69, 9.17) is 0 Å². The van der Waals surface area contributed by atoms with Crippen molar-refractivity contribution in [3.8, 4) is 0 Å². The van der Waals surface area contributed by atoms with Gasteiger partial charge in [0.05, 0.1) is 6.04 Å². The maximum Gasteiger partial charge on any atom is 0.282 e. The summed E-state index contributed by atoms with van der Waals surface area (Å²) in [5, 5.41) is 0. The van der Waals surface area contributed by atoms with Crippen LogP contribution in [-0.2, 0) is 16.6 Å². The fraction of sp³-hybridized carbons (Fsp3) is 0.625. The summed E-state index contributed by atoms with van der Waals surface area (Å²) in [4.78, 5) is 0. The second kappa shape index (κ2) is 5.71. The number of hydrogen-bond donors (Lipinski definition) is 0. The van der Waals surface area contributed by atoms with Crippen molar-refractivity contribution in [2.75, 3.05) is 20.1 Å². The Morgan fingerprint density at radius 1 is 1.24 bits per heavy atom. The first-order chi connectivity index (χ1) is 10.00. The molecule has 1 aliphatic heterocycles. The molecule has 4 nitrogen and oxygen atoms in total. The maximum atomic E-state index is 12.9. The van der Waals surface area contributed by atoms with Crippen molar-refractivity contribution >= 4 is 10.2 Å². The van der Waals surface area contributed by atoms with E-state index in [1.54, 1.807) is 15.7 Å². The Morgan fingerprint density at radius 2 is 2.00 bits per heavy atom. The largest absolute Gasteiger partial charge is 0.282 e. The number of nitrogens with zero attached hydrogens (tertiary/aromatic N) is 2. The molecule has 1 heterocycles. The molecule has 0 amide bonds. The lowest BCUT2D eigenvalue weighted by atomic mass is 10.0. The van der Waals surface area contributed by atoms with E-state index in [2.05, 4.69) is 19.1 Å². The lowest BCUT2D eigenvalue weighted by Crippen LogP contribution is -2.47. The fourth-order valence-corrected chi connectivity index (χ4v) is 5.32. The molecule has 0 spiro atoms. The highest BCUT2D eigenvalue weighted by Crippen LogP contribution is 2.37. The summed E-state index contributed by atoms with van der Waals surface area (Å²) in [7, 11) is -1.62. The van der Waals surface area contributed by atoms with Crippen molar-refractivity contribution in [3.63, 3.8) is 0 Å². The Kier molecular flexibility index (Phi) is 4.08. The molecule has 1 aromatic carbocycles. The van der Waals surface area contributed by atoms with Crippen LogP contribution < -0.4 is 0 Å². The first-order valence-electron chi connectivity index (χ1n) is 7.81. The van der Waals surface area contributed by atoms with Gasteiger partial charge in [-0.1, -0.05) is 31.2 Å². The molecule has 0 saturated carbocycles. The predicted molar refractivity (Wildman–Crippen MR) is 84.2 cm³/mol. The topological polar surface area (TPSA) is 40.6 Å². The summed E-state index contributed by atoms with van der Waals surface area (Å²) in [6.07, 6.45) is 3.95. The minimum Gasteiger partial charge on any atom is -0.195 e. The molecule has 0 aromatic heterocycles. The number of aryl methyl sites for hydroxylation is 1. The number of benzene rings is 1. The van der Waals surface area contributed by atoms with E-state index in [1.807, 2.05) is 12.1 Å². The summed E-state index contributed by atoms with van der Waals surface area (Å²) in [6.45, 7) is 3.44. The van der Waals surface area contributed by atoms with E-state index >= 15 is 0 Å². The van der Waals surface area contributed by atoms with Gasteiger partial charge in [-0.15, -0.1) is 0 Å². The lowest BCUT2D eigenvalue weighted by Gasteiger charge is -2.35. The molecule has 5 heteroatoms. The van der Waals surface area contributed by atoms with E-state index < -0.39 is 10.2 Å². The second-order valence-electron chi connectivity index (χ2n) is 6.38. The van der Waals surface area contributed by atoms with E-state index in [0.717, 1.165) is 25.7 Å². The van der Waals surface area contributed by atoms with E-state index in [9.17, 15) is 8.42 Å². The van der Waals surface area contributed by atoms with Crippen LogP contribution in [0.3, 0.4) is 0 Å². The molecule has 1 saturated heterocycles. The summed E-state index contributed by atoms with van der Waals surface area (Å²) in [5.41, 5.74) is 2.46. The summed E-state index contributed by atoms with van der Waals surface area (Å²) < 4.78 is 29.0.